The Morgan fingerprint density at radius 3 is 2.58 bits per heavy atom. The van der Waals surface area contributed by atoms with E-state index in [1.54, 1.807) is 13.0 Å². The number of benzene rings is 1. The quantitative estimate of drug-likeness (QED) is 0.672. The molecule has 1 unspecified atom stereocenters. The summed E-state index contributed by atoms with van der Waals surface area (Å²) in [5.41, 5.74) is 1.78. The highest BCUT2D eigenvalue weighted by Gasteiger charge is 2.12. The zero-order valence-electron chi connectivity index (χ0n) is 10.8. The lowest BCUT2D eigenvalue weighted by atomic mass is 10.1. The van der Waals surface area contributed by atoms with Gasteiger partial charge in [-0.05, 0) is 25.5 Å². The van der Waals surface area contributed by atoms with E-state index in [-0.39, 0.29) is 11.7 Å². The maximum Gasteiger partial charge on any atom is 0.290 e. The monoisotopic (exact) mass is 257 g/mol. The van der Waals surface area contributed by atoms with Crippen molar-refractivity contribution in [1.29, 1.82) is 0 Å². The Hall–Kier alpha value is -2.43. The van der Waals surface area contributed by atoms with Crippen LogP contribution in [-0.2, 0) is 0 Å². The van der Waals surface area contributed by atoms with Crippen LogP contribution in [-0.4, -0.2) is 9.91 Å². The van der Waals surface area contributed by atoms with Crippen LogP contribution in [0.1, 0.15) is 24.1 Å². The molecule has 2 aromatic rings. The fourth-order valence-corrected chi connectivity index (χ4v) is 1.87. The Morgan fingerprint density at radius 2 is 2.00 bits per heavy atom. The van der Waals surface area contributed by atoms with Crippen molar-refractivity contribution in [3.05, 3.63) is 63.8 Å². The Bertz CT molecular complexity index is 584. The van der Waals surface area contributed by atoms with Crippen LogP contribution in [0.5, 0.6) is 0 Å². The van der Waals surface area contributed by atoms with Crippen LogP contribution >= 0.6 is 0 Å². The second-order valence-electron chi connectivity index (χ2n) is 4.39. The smallest absolute Gasteiger partial charge is 0.290 e. The molecule has 1 N–H and O–H groups in total. The second kappa shape index (κ2) is 5.48. The molecule has 0 saturated carbocycles. The third kappa shape index (κ3) is 3.07. The number of pyridine rings is 1. The number of nitrogens with one attached hydrogen (secondary N) is 1. The van der Waals surface area contributed by atoms with Crippen LogP contribution in [0.15, 0.2) is 42.6 Å². The average molecular weight is 257 g/mol. The molecule has 19 heavy (non-hydrogen) atoms. The van der Waals surface area contributed by atoms with Gasteiger partial charge < -0.3 is 5.32 Å². The second-order valence-corrected chi connectivity index (χ2v) is 4.39. The zero-order chi connectivity index (χ0) is 13.8. The van der Waals surface area contributed by atoms with E-state index in [0.29, 0.717) is 11.4 Å². The van der Waals surface area contributed by atoms with Crippen molar-refractivity contribution in [1.82, 2.24) is 4.98 Å². The first-order valence-corrected chi connectivity index (χ1v) is 6.00. The molecule has 0 aliphatic carbocycles. The number of nitro groups is 1. The molecule has 0 bridgehead atoms. The van der Waals surface area contributed by atoms with Gasteiger partial charge in [0.05, 0.1) is 4.92 Å². The molecule has 0 saturated heterocycles. The fourth-order valence-electron chi connectivity index (χ4n) is 1.87. The molecule has 1 aromatic heterocycles. The molecule has 1 heterocycles. The van der Waals surface area contributed by atoms with Crippen molar-refractivity contribution in [2.45, 2.75) is 19.9 Å². The molecule has 1 aromatic carbocycles. The summed E-state index contributed by atoms with van der Waals surface area (Å²) < 4.78 is 0. The number of hydrogen-bond acceptors (Lipinski definition) is 4. The SMILES string of the molecule is Cc1cc(NC(C)c2ccccc2)ncc1[N+](=O)[O-]. The summed E-state index contributed by atoms with van der Waals surface area (Å²) in [4.78, 5) is 14.4. The van der Waals surface area contributed by atoms with Gasteiger partial charge in [-0.3, -0.25) is 10.1 Å². The standard InChI is InChI=1S/C14H15N3O2/c1-10-8-14(15-9-13(10)17(18)19)16-11(2)12-6-4-3-5-7-12/h3-9,11H,1-2H3,(H,15,16). The third-order valence-electron chi connectivity index (χ3n) is 2.94. The van der Waals surface area contributed by atoms with Crippen molar-refractivity contribution in [2.75, 3.05) is 5.32 Å². The van der Waals surface area contributed by atoms with E-state index in [1.807, 2.05) is 37.3 Å². The van der Waals surface area contributed by atoms with Gasteiger partial charge in [-0.1, -0.05) is 30.3 Å². The Kier molecular flexibility index (Phi) is 3.75. The minimum absolute atomic E-state index is 0.0397. The number of rotatable bonds is 4. The minimum Gasteiger partial charge on any atom is -0.364 e. The summed E-state index contributed by atoms with van der Waals surface area (Å²) in [6.45, 7) is 3.73. The van der Waals surface area contributed by atoms with E-state index < -0.39 is 4.92 Å². The Morgan fingerprint density at radius 1 is 1.32 bits per heavy atom. The van der Waals surface area contributed by atoms with Gasteiger partial charge in [0.25, 0.3) is 5.69 Å². The van der Waals surface area contributed by atoms with E-state index in [4.69, 9.17) is 0 Å². The van der Waals surface area contributed by atoms with Crippen LogP contribution in [0.2, 0.25) is 0 Å². The molecular weight excluding hydrogens is 242 g/mol. The predicted octanol–water partition coefficient (Wildman–Crippen LogP) is 3.47. The van der Waals surface area contributed by atoms with Crippen molar-refractivity contribution in [3.63, 3.8) is 0 Å². The highest BCUT2D eigenvalue weighted by atomic mass is 16.6. The lowest BCUT2D eigenvalue weighted by Crippen LogP contribution is -2.08. The molecule has 5 heteroatoms. The number of hydrogen-bond donors (Lipinski definition) is 1. The van der Waals surface area contributed by atoms with Gasteiger partial charge >= 0.3 is 0 Å². The topological polar surface area (TPSA) is 68.1 Å². The van der Waals surface area contributed by atoms with E-state index in [2.05, 4.69) is 10.3 Å². The Balaban J connectivity index is 2.16. The summed E-state index contributed by atoms with van der Waals surface area (Å²) in [5.74, 6) is 0.638. The van der Waals surface area contributed by atoms with E-state index in [9.17, 15) is 10.1 Å². The molecule has 0 aliphatic heterocycles. The van der Waals surface area contributed by atoms with Gasteiger partial charge in [0.1, 0.15) is 12.0 Å². The normalized spacial score (nSPS) is 11.9. The van der Waals surface area contributed by atoms with Crippen LogP contribution in [0, 0.1) is 17.0 Å². The van der Waals surface area contributed by atoms with Crippen molar-refractivity contribution < 1.29 is 4.92 Å². The first-order valence-electron chi connectivity index (χ1n) is 6.00. The maximum absolute atomic E-state index is 10.7. The molecule has 0 radical (unpaired) electrons. The minimum atomic E-state index is -0.424. The van der Waals surface area contributed by atoms with E-state index >= 15 is 0 Å². The highest BCUT2D eigenvalue weighted by molar-refractivity contribution is 5.48. The largest absolute Gasteiger partial charge is 0.364 e. The highest BCUT2D eigenvalue weighted by Crippen LogP contribution is 2.22. The molecule has 5 nitrogen and oxygen atoms in total. The zero-order valence-corrected chi connectivity index (χ0v) is 10.8. The average Bonchev–Trinajstić information content (AvgIpc) is 2.39. The number of anilines is 1. The summed E-state index contributed by atoms with van der Waals surface area (Å²) in [5, 5.41) is 14.0. The van der Waals surface area contributed by atoms with Gasteiger partial charge in [-0.25, -0.2) is 4.98 Å². The lowest BCUT2D eigenvalue weighted by Gasteiger charge is -2.15. The Labute approximate surface area is 111 Å². The molecule has 2 rings (SSSR count). The van der Waals surface area contributed by atoms with E-state index in [1.165, 1.54) is 6.20 Å². The predicted molar refractivity (Wildman–Crippen MR) is 74.1 cm³/mol. The number of aromatic nitrogens is 1. The van der Waals surface area contributed by atoms with Crippen molar-refractivity contribution in [3.8, 4) is 0 Å². The summed E-state index contributed by atoms with van der Waals surface area (Å²) >= 11 is 0. The van der Waals surface area contributed by atoms with E-state index in [0.717, 1.165) is 5.56 Å². The first-order chi connectivity index (χ1) is 9.08. The maximum atomic E-state index is 10.7. The van der Waals surface area contributed by atoms with Crippen LogP contribution in [0.25, 0.3) is 0 Å². The van der Waals surface area contributed by atoms with Crippen LogP contribution in [0.4, 0.5) is 11.5 Å². The third-order valence-corrected chi connectivity index (χ3v) is 2.94. The lowest BCUT2D eigenvalue weighted by molar-refractivity contribution is -0.385. The van der Waals surface area contributed by atoms with Crippen LogP contribution < -0.4 is 5.32 Å². The molecule has 1 atom stereocenters. The number of aryl methyl sites for hydroxylation is 1. The van der Waals surface area contributed by atoms with Crippen molar-refractivity contribution in [2.24, 2.45) is 0 Å². The van der Waals surface area contributed by atoms with Gasteiger partial charge in [-0.15, -0.1) is 0 Å². The summed E-state index contributed by atoms with van der Waals surface area (Å²) in [6.07, 6.45) is 1.29. The summed E-state index contributed by atoms with van der Waals surface area (Å²) in [6, 6.07) is 11.7. The molecule has 0 spiro atoms. The van der Waals surface area contributed by atoms with Crippen molar-refractivity contribution >= 4 is 11.5 Å². The first kappa shape index (κ1) is 13.0. The molecule has 0 fully saturated rings. The number of nitrogens with zero attached hydrogens (tertiary/aromatic N) is 2. The molecule has 0 aliphatic rings. The molecular formula is C14H15N3O2. The molecule has 0 amide bonds. The van der Waals surface area contributed by atoms with Gasteiger partial charge in [-0.2, -0.15) is 0 Å². The fraction of sp³-hybridized carbons (Fsp3) is 0.214. The molecule has 98 valence electrons. The van der Waals surface area contributed by atoms with Gasteiger partial charge in [0.15, 0.2) is 0 Å². The van der Waals surface area contributed by atoms with Gasteiger partial charge in [0, 0.05) is 11.6 Å². The summed E-state index contributed by atoms with van der Waals surface area (Å²) in [7, 11) is 0. The van der Waals surface area contributed by atoms with Crippen LogP contribution in [0.3, 0.4) is 0 Å². The van der Waals surface area contributed by atoms with Gasteiger partial charge in [0.2, 0.25) is 0 Å².